The van der Waals surface area contributed by atoms with Crippen LogP contribution in [-0.4, -0.2) is 11.4 Å². The van der Waals surface area contributed by atoms with Gasteiger partial charge >= 0.3 is 0 Å². The fraction of sp³-hybridized carbons (Fsp3) is 0.176. The van der Waals surface area contributed by atoms with E-state index in [0.717, 1.165) is 40.2 Å². The van der Waals surface area contributed by atoms with Crippen molar-refractivity contribution in [3.63, 3.8) is 0 Å². The fourth-order valence-corrected chi connectivity index (χ4v) is 2.63. The topological polar surface area (TPSA) is 50.7 Å². The molecule has 1 aliphatic heterocycles. The maximum Gasteiger partial charge on any atom is 0.100 e. The second-order valence-electron chi connectivity index (χ2n) is 5.33. The summed E-state index contributed by atoms with van der Waals surface area (Å²) in [7, 11) is 0. The minimum Gasteiger partial charge on any atom is -0.399 e. The third kappa shape index (κ3) is 2.69. The largest absolute Gasteiger partial charge is 0.399 e. The number of hydrogen-bond acceptors (Lipinski definition) is 3. The van der Waals surface area contributed by atoms with Crippen LogP contribution in [0.15, 0.2) is 46.6 Å². The molecule has 0 unspecified atom stereocenters. The average Bonchev–Trinajstić information content (AvgIpc) is 2.60. The standard InChI is InChI=1S/C17H16ClN3/c1-10-7-13(4-6-16(10)19)17-15-9-14(18)5-3-12(15)8-11(2)20-21-17/h3-7,9H,8,19H2,1-2H3. The SMILES string of the molecule is CC1=NN=C(c2ccc(N)c(C)c2)c2cc(Cl)ccc2C1. The minimum atomic E-state index is 0.702. The van der Waals surface area contributed by atoms with Crippen LogP contribution in [0.3, 0.4) is 0 Å². The lowest BCUT2D eigenvalue weighted by Gasteiger charge is -2.11. The minimum absolute atomic E-state index is 0.702. The highest BCUT2D eigenvalue weighted by atomic mass is 35.5. The maximum atomic E-state index is 6.16. The zero-order valence-corrected chi connectivity index (χ0v) is 12.8. The van der Waals surface area contributed by atoms with Gasteiger partial charge in [-0.3, -0.25) is 0 Å². The summed E-state index contributed by atoms with van der Waals surface area (Å²) in [5.74, 6) is 0. The summed E-state index contributed by atoms with van der Waals surface area (Å²) in [6.45, 7) is 3.97. The molecule has 4 heteroatoms. The molecule has 2 aromatic carbocycles. The highest BCUT2D eigenvalue weighted by Gasteiger charge is 2.16. The lowest BCUT2D eigenvalue weighted by atomic mass is 9.94. The van der Waals surface area contributed by atoms with E-state index in [0.29, 0.717) is 5.02 Å². The molecule has 3 nitrogen and oxygen atoms in total. The molecule has 21 heavy (non-hydrogen) atoms. The number of nitrogen functional groups attached to an aromatic ring is 1. The van der Waals surface area contributed by atoms with Gasteiger partial charge < -0.3 is 5.73 Å². The predicted octanol–water partition coefficient (Wildman–Crippen LogP) is 4.00. The first-order valence-corrected chi connectivity index (χ1v) is 7.19. The van der Waals surface area contributed by atoms with Gasteiger partial charge in [-0.05, 0) is 49.2 Å². The Morgan fingerprint density at radius 3 is 2.62 bits per heavy atom. The summed E-state index contributed by atoms with van der Waals surface area (Å²) in [6.07, 6.45) is 0.785. The van der Waals surface area contributed by atoms with Crippen molar-refractivity contribution in [2.24, 2.45) is 10.2 Å². The number of fused-ring (bicyclic) bond motifs is 1. The van der Waals surface area contributed by atoms with E-state index >= 15 is 0 Å². The van der Waals surface area contributed by atoms with Crippen LogP contribution in [0.25, 0.3) is 0 Å². The number of rotatable bonds is 1. The molecule has 0 fully saturated rings. The number of nitrogens with two attached hydrogens (primary N) is 1. The molecule has 0 saturated carbocycles. The lowest BCUT2D eigenvalue weighted by molar-refractivity contribution is 1.20. The Bertz CT molecular complexity index is 776. The van der Waals surface area contributed by atoms with Crippen LogP contribution in [0.4, 0.5) is 5.69 Å². The normalized spacial score (nSPS) is 14.0. The second-order valence-corrected chi connectivity index (χ2v) is 5.77. The van der Waals surface area contributed by atoms with Crippen molar-refractivity contribution >= 4 is 28.7 Å². The molecule has 2 N–H and O–H groups in total. The molecule has 2 aromatic rings. The Morgan fingerprint density at radius 1 is 1.05 bits per heavy atom. The Kier molecular flexibility index (Phi) is 3.52. The molecular formula is C17H16ClN3. The molecule has 106 valence electrons. The number of aryl methyl sites for hydroxylation is 1. The molecule has 3 rings (SSSR count). The molecule has 0 aromatic heterocycles. The third-order valence-electron chi connectivity index (χ3n) is 3.64. The first-order chi connectivity index (χ1) is 10.0. The van der Waals surface area contributed by atoms with Crippen LogP contribution >= 0.6 is 11.6 Å². The molecule has 0 aliphatic carbocycles. The molecule has 0 amide bonds. The van der Waals surface area contributed by atoms with Gasteiger partial charge in [0.1, 0.15) is 5.71 Å². The smallest absolute Gasteiger partial charge is 0.100 e. The van der Waals surface area contributed by atoms with Crippen LogP contribution < -0.4 is 5.73 Å². The van der Waals surface area contributed by atoms with E-state index < -0.39 is 0 Å². The monoisotopic (exact) mass is 297 g/mol. The van der Waals surface area contributed by atoms with Crippen molar-refractivity contribution in [2.45, 2.75) is 20.3 Å². The van der Waals surface area contributed by atoms with Crippen molar-refractivity contribution in [1.82, 2.24) is 0 Å². The third-order valence-corrected chi connectivity index (χ3v) is 3.87. The first-order valence-electron chi connectivity index (χ1n) is 6.81. The van der Waals surface area contributed by atoms with Gasteiger partial charge in [0.2, 0.25) is 0 Å². The Hall–Kier alpha value is -2.13. The van der Waals surface area contributed by atoms with Crippen LogP contribution in [0.2, 0.25) is 5.02 Å². The van der Waals surface area contributed by atoms with Gasteiger partial charge in [-0.25, -0.2) is 0 Å². The van der Waals surface area contributed by atoms with Gasteiger partial charge in [0.25, 0.3) is 0 Å². The van der Waals surface area contributed by atoms with E-state index in [1.807, 2.05) is 50.2 Å². The van der Waals surface area contributed by atoms with Crippen LogP contribution in [0.5, 0.6) is 0 Å². The van der Waals surface area contributed by atoms with Crippen molar-refractivity contribution in [3.05, 3.63) is 63.7 Å². The van der Waals surface area contributed by atoms with E-state index in [9.17, 15) is 0 Å². The fourth-order valence-electron chi connectivity index (χ4n) is 2.46. The molecule has 1 aliphatic rings. The van der Waals surface area contributed by atoms with Gasteiger partial charge in [-0.15, -0.1) is 5.10 Å². The van der Waals surface area contributed by atoms with E-state index in [1.54, 1.807) is 0 Å². The van der Waals surface area contributed by atoms with Gasteiger partial charge in [-0.2, -0.15) is 5.10 Å². The van der Waals surface area contributed by atoms with Gasteiger partial charge in [0, 0.05) is 34.0 Å². The van der Waals surface area contributed by atoms with E-state index in [1.165, 1.54) is 5.56 Å². The molecule has 1 heterocycles. The summed E-state index contributed by atoms with van der Waals surface area (Å²) >= 11 is 6.16. The van der Waals surface area contributed by atoms with E-state index in [-0.39, 0.29) is 0 Å². The highest BCUT2D eigenvalue weighted by Crippen LogP contribution is 2.24. The summed E-state index contributed by atoms with van der Waals surface area (Å²) in [5, 5.41) is 9.44. The van der Waals surface area contributed by atoms with E-state index in [4.69, 9.17) is 17.3 Å². The maximum absolute atomic E-state index is 6.16. The molecule has 0 atom stereocenters. The first kappa shape index (κ1) is 13.8. The summed E-state index contributed by atoms with van der Waals surface area (Å²) in [4.78, 5) is 0. The molecule has 0 bridgehead atoms. The van der Waals surface area contributed by atoms with Crippen molar-refractivity contribution in [2.75, 3.05) is 5.73 Å². The van der Waals surface area contributed by atoms with Crippen molar-refractivity contribution in [1.29, 1.82) is 0 Å². The number of nitrogens with zero attached hydrogens (tertiary/aromatic N) is 2. The molecule has 0 saturated heterocycles. The van der Waals surface area contributed by atoms with Crippen molar-refractivity contribution in [3.8, 4) is 0 Å². The van der Waals surface area contributed by atoms with Gasteiger partial charge in [0.05, 0.1) is 0 Å². The van der Waals surface area contributed by atoms with Gasteiger partial charge in [-0.1, -0.05) is 23.7 Å². The predicted molar refractivity (Wildman–Crippen MR) is 89.5 cm³/mol. The summed E-state index contributed by atoms with van der Waals surface area (Å²) in [6, 6.07) is 11.8. The van der Waals surface area contributed by atoms with Crippen molar-refractivity contribution < 1.29 is 0 Å². The second kappa shape index (κ2) is 5.34. The molecule has 0 spiro atoms. The number of halogens is 1. The summed E-state index contributed by atoms with van der Waals surface area (Å²) < 4.78 is 0. The number of anilines is 1. The average molecular weight is 298 g/mol. The Morgan fingerprint density at radius 2 is 1.86 bits per heavy atom. The van der Waals surface area contributed by atoms with Crippen LogP contribution in [0.1, 0.15) is 29.2 Å². The lowest BCUT2D eigenvalue weighted by Crippen LogP contribution is -2.07. The van der Waals surface area contributed by atoms with E-state index in [2.05, 4.69) is 10.2 Å². The zero-order valence-electron chi connectivity index (χ0n) is 12.0. The number of benzene rings is 2. The Labute approximate surface area is 129 Å². The van der Waals surface area contributed by atoms with Crippen LogP contribution in [-0.2, 0) is 6.42 Å². The van der Waals surface area contributed by atoms with Crippen LogP contribution in [0, 0.1) is 6.92 Å². The summed E-state index contributed by atoms with van der Waals surface area (Å²) in [5.41, 5.74) is 12.8. The zero-order chi connectivity index (χ0) is 15.0. The quantitative estimate of drug-likeness (QED) is 0.795. The number of hydrogen-bond donors (Lipinski definition) is 1. The molecule has 0 radical (unpaired) electrons. The van der Waals surface area contributed by atoms with Gasteiger partial charge in [0.15, 0.2) is 0 Å². The Balaban J connectivity index is 2.21. The highest BCUT2D eigenvalue weighted by molar-refractivity contribution is 6.31. The molecular weight excluding hydrogens is 282 g/mol.